The summed E-state index contributed by atoms with van der Waals surface area (Å²) in [5.74, 6) is 6.41. The molecule has 1 aliphatic heterocycles. The SMILES string of the molecule is CC(C)(C)N=Cc1ccccc1C#CCCOC1CCCCO1. The zero-order valence-electron chi connectivity index (χ0n) is 14.5. The highest BCUT2D eigenvalue weighted by Crippen LogP contribution is 2.13. The van der Waals surface area contributed by atoms with Gasteiger partial charge in [0, 0.05) is 30.4 Å². The summed E-state index contributed by atoms with van der Waals surface area (Å²) in [6.07, 6.45) is 5.93. The van der Waals surface area contributed by atoms with Crippen LogP contribution < -0.4 is 0 Å². The highest BCUT2D eigenvalue weighted by Gasteiger charge is 2.12. The summed E-state index contributed by atoms with van der Waals surface area (Å²) in [6, 6.07) is 8.09. The molecule has 1 unspecified atom stereocenters. The van der Waals surface area contributed by atoms with E-state index < -0.39 is 0 Å². The molecule has 0 amide bonds. The zero-order chi connectivity index (χ0) is 16.5. The summed E-state index contributed by atoms with van der Waals surface area (Å²) >= 11 is 0. The Bertz CT molecular complexity index is 569. The molecule has 1 aromatic rings. The molecule has 2 rings (SSSR count). The molecule has 0 N–H and O–H groups in total. The zero-order valence-corrected chi connectivity index (χ0v) is 14.5. The summed E-state index contributed by atoms with van der Waals surface area (Å²) in [5.41, 5.74) is 2.00. The van der Waals surface area contributed by atoms with E-state index in [2.05, 4.69) is 37.6 Å². The summed E-state index contributed by atoms with van der Waals surface area (Å²) in [6.45, 7) is 7.69. The van der Waals surface area contributed by atoms with E-state index >= 15 is 0 Å². The fraction of sp³-hybridized carbons (Fsp3) is 0.550. The van der Waals surface area contributed by atoms with Crippen molar-refractivity contribution in [2.45, 2.75) is 58.3 Å². The Morgan fingerprint density at radius 3 is 2.87 bits per heavy atom. The van der Waals surface area contributed by atoms with Gasteiger partial charge in [-0.25, -0.2) is 0 Å². The predicted molar refractivity (Wildman–Crippen MR) is 94.8 cm³/mol. The molecule has 0 spiro atoms. The van der Waals surface area contributed by atoms with Crippen LogP contribution in [0.1, 0.15) is 57.6 Å². The van der Waals surface area contributed by atoms with Crippen LogP contribution in [0.3, 0.4) is 0 Å². The van der Waals surface area contributed by atoms with Gasteiger partial charge in [-0.05, 0) is 46.1 Å². The maximum atomic E-state index is 5.69. The molecule has 0 bridgehead atoms. The van der Waals surface area contributed by atoms with Crippen LogP contribution in [0.15, 0.2) is 29.3 Å². The first-order chi connectivity index (χ1) is 11.0. The van der Waals surface area contributed by atoms with E-state index in [1.165, 1.54) is 6.42 Å². The number of nitrogens with zero attached hydrogens (tertiary/aromatic N) is 1. The smallest absolute Gasteiger partial charge is 0.157 e. The third kappa shape index (κ3) is 6.99. The number of rotatable bonds is 4. The van der Waals surface area contributed by atoms with Crippen molar-refractivity contribution in [3.63, 3.8) is 0 Å². The van der Waals surface area contributed by atoms with Gasteiger partial charge in [0.1, 0.15) is 0 Å². The minimum atomic E-state index is -0.0750. The molecule has 1 atom stereocenters. The van der Waals surface area contributed by atoms with Crippen LogP contribution in [0, 0.1) is 11.8 Å². The molecular weight excluding hydrogens is 286 g/mol. The summed E-state index contributed by atoms with van der Waals surface area (Å²) in [5, 5.41) is 0. The second kappa shape index (κ2) is 8.86. The van der Waals surface area contributed by atoms with E-state index in [0.717, 1.165) is 30.6 Å². The molecule has 1 aromatic carbocycles. The lowest BCUT2D eigenvalue weighted by Gasteiger charge is -2.22. The number of hydrogen-bond donors (Lipinski definition) is 0. The van der Waals surface area contributed by atoms with Gasteiger partial charge in [-0.1, -0.05) is 30.0 Å². The highest BCUT2D eigenvalue weighted by molar-refractivity contribution is 5.83. The fourth-order valence-electron chi connectivity index (χ4n) is 2.23. The van der Waals surface area contributed by atoms with Gasteiger partial charge in [-0.2, -0.15) is 0 Å². The molecule has 1 heterocycles. The van der Waals surface area contributed by atoms with Gasteiger partial charge in [0.25, 0.3) is 0 Å². The number of benzene rings is 1. The Morgan fingerprint density at radius 2 is 2.13 bits per heavy atom. The molecule has 3 heteroatoms. The molecule has 1 aliphatic rings. The van der Waals surface area contributed by atoms with Gasteiger partial charge < -0.3 is 9.47 Å². The molecule has 1 saturated heterocycles. The summed E-state index contributed by atoms with van der Waals surface area (Å²) < 4.78 is 11.2. The average Bonchev–Trinajstić information content (AvgIpc) is 2.54. The topological polar surface area (TPSA) is 30.8 Å². The van der Waals surface area contributed by atoms with E-state index in [1.54, 1.807) is 0 Å². The number of ether oxygens (including phenoxy) is 2. The lowest BCUT2D eigenvalue weighted by Crippen LogP contribution is -2.22. The minimum absolute atomic E-state index is 0.0308. The van der Waals surface area contributed by atoms with E-state index in [4.69, 9.17) is 9.47 Å². The van der Waals surface area contributed by atoms with Gasteiger partial charge >= 0.3 is 0 Å². The molecule has 23 heavy (non-hydrogen) atoms. The van der Waals surface area contributed by atoms with Crippen molar-refractivity contribution in [3.8, 4) is 11.8 Å². The standard InChI is InChI=1S/C20H27NO2/c1-20(2,3)21-16-18-12-5-4-10-17(18)11-6-8-14-22-19-13-7-9-15-23-19/h4-5,10,12,16,19H,7-9,13-15H2,1-3H3. The molecule has 0 aliphatic carbocycles. The van der Waals surface area contributed by atoms with E-state index in [1.807, 2.05) is 30.5 Å². The van der Waals surface area contributed by atoms with Crippen LogP contribution in [0.4, 0.5) is 0 Å². The monoisotopic (exact) mass is 313 g/mol. The van der Waals surface area contributed by atoms with Gasteiger partial charge in [0.15, 0.2) is 6.29 Å². The molecule has 0 aromatic heterocycles. The average molecular weight is 313 g/mol. The lowest BCUT2D eigenvalue weighted by molar-refractivity contribution is -0.161. The summed E-state index contributed by atoms with van der Waals surface area (Å²) in [4.78, 5) is 4.56. The van der Waals surface area contributed by atoms with Crippen LogP contribution in [0.2, 0.25) is 0 Å². The molecular formula is C20H27NO2. The van der Waals surface area contributed by atoms with Crippen LogP contribution >= 0.6 is 0 Å². The predicted octanol–water partition coefficient (Wildman–Crippen LogP) is 4.19. The largest absolute Gasteiger partial charge is 0.353 e. The first-order valence-corrected chi connectivity index (χ1v) is 8.41. The summed E-state index contributed by atoms with van der Waals surface area (Å²) in [7, 11) is 0. The van der Waals surface area contributed by atoms with Crippen LogP contribution in [-0.4, -0.2) is 31.3 Å². The second-order valence-electron chi connectivity index (χ2n) is 6.73. The van der Waals surface area contributed by atoms with Crippen molar-refractivity contribution in [1.29, 1.82) is 0 Å². The van der Waals surface area contributed by atoms with Gasteiger partial charge in [-0.15, -0.1) is 0 Å². The maximum absolute atomic E-state index is 5.69. The van der Waals surface area contributed by atoms with Crippen LogP contribution in [0.5, 0.6) is 0 Å². The van der Waals surface area contributed by atoms with Gasteiger partial charge in [0.05, 0.1) is 12.1 Å². The number of hydrogen-bond acceptors (Lipinski definition) is 3. The third-order valence-electron chi connectivity index (χ3n) is 3.44. The van der Waals surface area contributed by atoms with Crippen molar-refractivity contribution in [2.75, 3.05) is 13.2 Å². The Hall–Kier alpha value is -1.63. The quantitative estimate of drug-likeness (QED) is 0.474. The van der Waals surface area contributed by atoms with Crippen molar-refractivity contribution in [3.05, 3.63) is 35.4 Å². The first-order valence-electron chi connectivity index (χ1n) is 8.41. The molecule has 0 radical (unpaired) electrons. The lowest BCUT2D eigenvalue weighted by atomic mass is 10.1. The second-order valence-corrected chi connectivity index (χ2v) is 6.73. The Balaban J connectivity index is 1.86. The van der Waals surface area contributed by atoms with E-state index in [0.29, 0.717) is 13.0 Å². The molecule has 3 nitrogen and oxygen atoms in total. The Morgan fingerprint density at radius 1 is 1.30 bits per heavy atom. The van der Waals surface area contributed by atoms with Crippen molar-refractivity contribution in [2.24, 2.45) is 4.99 Å². The van der Waals surface area contributed by atoms with E-state index in [-0.39, 0.29) is 11.8 Å². The minimum Gasteiger partial charge on any atom is -0.353 e. The van der Waals surface area contributed by atoms with Crippen LogP contribution in [0.25, 0.3) is 0 Å². The molecule has 1 fully saturated rings. The van der Waals surface area contributed by atoms with Crippen molar-refractivity contribution in [1.82, 2.24) is 0 Å². The van der Waals surface area contributed by atoms with Crippen molar-refractivity contribution < 1.29 is 9.47 Å². The Kier molecular flexibility index (Phi) is 6.83. The van der Waals surface area contributed by atoms with Gasteiger partial charge in [0.2, 0.25) is 0 Å². The van der Waals surface area contributed by atoms with Crippen molar-refractivity contribution >= 4 is 6.21 Å². The van der Waals surface area contributed by atoms with E-state index in [9.17, 15) is 0 Å². The number of aliphatic imine (C=N–C) groups is 1. The Labute approximate surface area is 140 Å². The highest BCUT2D eigenvalue weighted by atomic mass is 16.7. The van der Waals surface area contributed by atoms with Crippen LogP contribution in [-0.2, 0) is 9.47 Å². The normalized spacial score (nSPS) is 18.7. The molecule has 124 valence electrons. The first kappa shape index (κ1) is 17.7. The fourth-order valence-corrected chi connectivity index (χ4v) is 2.23. The van der Waals surface area contributed by atoms with Gasteiger partial charge in [-0.3, -0.25) is 4.99 Å². The molecule has 0 saturated carbocycles. The third-order valence-corrected chi connectivity index (χ3v) is 3.44. The maximum Gasteiger partial charge on any atom is 0.157 e.